The molecular weight excluding hydrogens is 236 g/mol. The molecule has 0 spiro atoms. The van der Waals surface area contributed by atoms with Crippen molar-refractivity contribution >= 4 is 5.69 Å². The molecule has 0 radical (unpaired) electrons. The summed E-state index contributed by atoms with van der Waals surface area (Å²) < 4.78 is 2.20. The molecule has 102 valence electrons. The Balaban J connectivity index is 2.06. The molecule has 2 rings (SSSR count). The van der Waals surface area contributed by atoms with Crippen LogP contribution in [-0.4, -0.2) is 37.2 Å². The number of nitrogens with one attached hydrogen (secondary N) is 1. The summed E-state index contributed by atoms with van der Waals surface area (Å²) in [4.78, 5) is 6.56. The first kappa shape index (κ1) is 13.6. The smallest absolute Gasteiger partial charge is 0.113 e. The van der Waals surface area contributed by atoms with Gasteiger partial charge in [-0.15, -0.1) is 0 Å². The highest BCUT2D eigenvalue weighted by molar-refractivity contribution is 5.46. The Labute approximate surface area is 115 Å². The van der Waals surface area contributed by atoms with E-state index < -0.39 is 0 Å². The molecule has 0 unspecified atom stereocenters. The third-order valence-corrected chi connectivity index (χ3v) is 3.22. The van der Waals surface area contributed by atoms with E-state index in [1.54, 1.807) is 0 Å². The molecule has 4 nitrogen and oxygen atoms in total. The van der Waals surface area contributed by atoms with Crippen molar-refractivity contribution in [2.24, 2.45) is 0 Å². The second-order valence-electron chi connectivity index (χ2n) is 4.88. The Morgan fingerprint density at radius 1 is 1.21 bits per heavy atom. The molecule has 1 aromatic carbocycles. The van der Waals surface area contributed by atoms with Gasteiger partial charge in [-0.25, -0.2) is 4.98 Å². The predicted molar refractivity (Wildman–Crippen MR) is 79.7 cm³/mol. The minimum absolute atomic E-state index is 0.879. The molecule has 0 atom stereocenters. The molecule has 0 aliphatic heterocycles. The second-order valence-corrected chi connectivity index (χ2v) is 4.88. The van der Waals surface area contributed by atoms with Crippen LogP contribution in [-0.2, 0) is 13.0 Å². The van der Waals surface area contributed by atoms with Crippen LogP contribution in [0.1, 0.15) is 11.4 Å². The van der Waals surface area contributed by atoms with E-state index in [4.69, 9.17) is 0 Å². The highest BCUT2D eigenvalue weighted by Gasteiger charge is 2.04. The zero-order valence-electron chi connectivity index (χ0n) is 11.9. The van der Waals surface area contributed by atoms with Crippen molar-refractivity contribution in [3.05, 3.63) is 48.0 Å². The summed E-state index contributed by atoms with van der Waals surface area (Å²) in [6.07, 6.45) is 4.80. The number of imidazole rings is 1. The van der Waals surface area contributed by atoms with Crippen molar-refractivity contribution in [1.82, 2.24) is 14.9 Å². The van der Waals surface area contributed by atoms with Crippen LogP contribution in [0.25, 0.3) is 0 Å². The van der Waals surface area contributed by atoms with Gasteiger partial charge in [-0.1, -0.05) is 12.1 Å². The quantitative estimate of drug-likeness (QED) is 0.857. The Hall–Kier alpha value is -1.81. The first-order chi connectivity index (χ1) is 9.20. The van der Waals surface area contributed by atoms with Crippen LogP contribution in [0.2, 0.25) is 0 Å². The molecule has 0 bridgehead atoms. The highest BCUT2D eigenvalue weighted by atomic mass is 15.1. The molecule has 4 heteroatoms. The van der Waals surface area contributed by atoms with Gasteiger partial charge in [0.25, 0.3) is 0 Å². The molecule has 0 amide bonds. The van der Waals surface area contributed by atoms with Crippen LogP contribution < -0.4 is 10.2 Å². The van der Waals surface area contributed by atoms with Gasteiger partial charge in [0.2, 0.25) is 0 Å². The summed E-state index contributed by atoms with van der Waals surface area (Å²) >= 11 is 0. The molecule has 2 aromatic rings. The van der Waals surface area contributed by atoms with Crippen LogP contribution >= 0.6 is 0 Å². The SMILES string of the molecule is CNCCn1ccnc1Cc1ccc(N(C)C)cc1. The van der Waals surface area contributed by atoms with E-state index in [1.807, 2.05) is 19.4 Å². The lowest BCUT2D eigenvalue weighted by molar-refractivity contribution is 0.621. The van der Waals surface area contributed by atoms with Gasteiger partial charge in [-0.2, -0.15) is 0 Å². The van der Waals surface area contributed by atoms with Gasteiger partial charge in [-0.3, -0.25) is 0 Å². The number of nitrogens with zero attached hydrogens (tertiary/aromatic N) is 3. The maximum atomic E-state index is 4.45. The van der Waals surface area contributed by atoms with Gasteiger partial charge in [0, 0.05) is 51.7 Å². The van der Waals surface area contributed by atoms with Crippen LogP contribution in [0.5, 0.6) is 0 Å². The van der Waals surface area contributed by atoms with Crippen molar-refractivity contribution in [2.75, 3.05) is 32.6 Å². The Morgan fingerprint density at radius 3 is 2.58 bits per heavy atom. The standard InChI is InChI=1S/C15H22N4/c1-16-8-10-19-11-9-17-15(19)12-13-4-6-14(7-5-13)18(2)3/h4-7,9,11,16H,8,10,12H2,1-3H3. The average molecular weight is 258 g/mol. The van der Waals surface area contributed by atoms with E-state index in [1.165, 1.54) is 11.3 Å². The van der Waals surface area contributed by atoms with Crippen LogP contribution in [0, 0.1) is 0 Å². The highest BCUT2D eigenvalue weighted by Crippen LogP contribution is 2.14. The Bertz CT molecular complexity index is 499. The van der Waals surface area contributed by atoms with Crippen LogP contribution in [0.4, 0.5) is 5.69 Å². The number of likely N-dealkylation sites (N-methyl/N-ethyl adjacent to an activating group) is 1. The molecule has 19 heavy (non-hydrogen) atoms. The number of benzene rings is 1. The molecule has 1 N–H and O–H groups in total. The van der Waals surface area contributed by atoms with E-state index in [-0.39, 0.29) is 0 Å². The summed E-state index contributed by atoms with van der Waals surface area (Å²) in [5, 5.41) is 3.16. The number of hydrogen-bond acceptors (Lipinski definition) is 3. The molecule has 1 heterocycles. The molecule has 0 saturated carbocycles. The summed E-state index contributed by atoms with van der Waals surface area (Å²) in [6, 6.07) is 8.64. The summed E-state index contributed by atoms with van der Waals surface area (Å²) in [5.41, 5.74) is 2.52. The topological polar surface area (TPSA) is 33.1 Å². The fraction of sp³-hybridized carbons (Fsp3) is 0.400. The van der Waals surface area contributed by atoms with Gasteiger partial charge in [0.15, 0.2) is 0 Å². The van der Waals surface area contributed by atoms with E-state index in [0.717, 1.165) is 25.3 Å². The zero-order valence-corrected chi connectivity index (χ0v) is 11.9. The fourth-order valence-corrected chi connectivity index (χ4v) is 2.04. The first-order valence-electron chi connectivity index (χ1n) is 6.61. The number of rotatable bonds is 6. The van der Waals surface area contributed by atoms with E-state index in [2.05, 4.69) is 58.1 Å². The fourth-order valence-electron chi connectivity index (χ4n) is 2.04. The van der Waals surface area contributed by atoms with Crippen molar-refractivity contribution < 1.29 is 0 Å². The van der Waals surface area contributed by atoms with E-state index in [0.29, 0.717) is 0 Å². The maximum Gasteiger partial charge on any atom is 0.113 e. The monoisotopic (exact) mass is 258 g/mol. The third-order valence-electron chi connectivity index (χ3n) is 3.22. The van der Waals surface area contributed by atoms with Gasteiger partial charge < -0.3 is 14.8 Å². The number of hydrogen-bond donors (Lipinski definition) is 1. The third kappa shape index (κ3) is 3.58. The van der Waals surface area contributed by atoms with Crippen molar-refractivity contribution in [3.8, 4) is 0 Å². The van der Waals surface area contributed by atoms with E-state index >= 15 is 0 Å². The molecule has 0 aliphatic carbocycles. The first-order valence-corrected chi connectivity index (χ1v) is 6.61. The lowest BCUT2D eigenvalue weighted by Gasteiger charge is -2.13. The van der Waals surface area contributed by atoms with Gasteiger partial charge in [0.1, 0.15) is 5.82 Å². The molecule has 1 aromatic heterocycles. The Morgan fingerprint density at radius 2 is 1.95 bits per heavy atom. The lowest BCUT2D eigenvalue weighted by atomic mass is 10.1. The van der Waals surface area contributed by atoms with Crippen LogP contribution in [0.3, 0.4) is 0 Å². The van der Waals surface area contributed by atoms with Crippen molar-refractivity contribution in [1.29, 1.82) is 0 Å². The lowest BCUT2D eigenvalue weighted by Crippen LogP contribution is -2.16. The molecule has 0 saturated heterocycles. The van der Waals surface area contributed by atoms with Crippen molar-refractivity contribution in [2.45, 2.75) is 13.0 Å². The predicted octanol–water partition coefficient (Wildman–Crippen LogP) is 1.76. The number of anilines is 1. The largest absolute Gasteiger partial charge is 0.378 e. The normalized spacial score (nSPS) is 10.7. The van der Waals surface area contributed by atoms with Crippen LogP contribution in [0.15, 0.2) is 36.7 Å². The Kier molecular flexibility index (Phi) is 4.58. The average Bonchev–Trinajstić information content (AvgIpc) is 2.84. The number of aromatic nitrogens is 2. The van der Waals surface area contributed by atoms with Gasteiger partial charge >= 0.3 is 0 Å². The summed E-state index contributed by atoms with van der Waals surface area (Å²) in [7, 11) is 6.08. The van der Waals surface area contributed by atoms with E-state index in [9.17, 15) is 0 Å². The molecule has 0 fully saturated rings. The van der Waals surface area contributed by atoms with Gasteiger partial charge in [-0.05, 0) is 24.7 Å². The van der Waals surface area contributed by atoms with Gasteiger partial charge in [0.05, 0.1) is 0 Å². The second kappa shape index (κ2) is 6.38. The minimum atomic E-state index is 0.879. The molecule has 0 aliphatic rings. The summed E-state index contributed by atoms with van der Waals surface area (Å²) in [6.45, 7) is 1.92. The molecular formula is C15H22N4. The maximum absolute atomic E-state index is 4.45. The summed E-state index contributed by atoms with van der Waals surface area (Å²) in [5.74, 6) is 1.12. The zero-order chi connectivity index (χ0) is 13.7. The van der Waals surface area contributed by atoms with Crippen molar-refractivity contribution in [3.63, 3.8) is 0 Å². The minimum Gasteiger partial charge on any atom is -0.378 e.